The van der Waals surface area contributed by atoms with E-state index >= 15 is 0 Å². The summed E-state index contributed by atoms with van der Waals surface area (Å²) < 4.78 is 13.3. The van der Waals surface area contributed by atoms with Crippen LogP contribution in [0.1, 0.15) is 11.1 Å². The molecule has 116 valence electrons. The fourth-order valence-electron chi connectivity index (χ4n) is 1.85. The number of phenolic OH excluding ortho intramolecular Hbond substituents is 1. The Bertz CT molecular complexity index is 659. The molecule has 0 spiro atoms. The number of halogens is 2. The molecule has 0 aliphatic heterocycles. The van der Waals surface area contributed by atoms with Crippen LogP contribution in [0.3, 0.4) is 0 Å². The zero-order valence-electron chi connectivity index (χ0n) is 12.1. The monoisotopic (exact) mass is 321 g/mol. The SMILES string of the molecule is CN=C(NCc1ccc(Cl)cc1)NCc1ccc(O)c(F)c1. The zero-order chi connectivity index (χ0) is 15.9. The van der Waals surface area contributed by atoms with E-state index in [-0.39, 0.29) is 5.75 Å². The third kappa shape index (κ3) is 4.63. The molecule has 22 heavy (non-hydrogen) atoms. The van der Waals surface area contributed by atoms with Gasteiger partial charge >= 0.3 is 0 Å². The van der Waals surface area contributed by atoms with Crippen LogP contribution >= 0.6 is 11.6 Å². The van der Waals surface area contributed by atoms with E-state index in [0.717, 1.165) is 5.56 Å². The van der Waals surface area contributed by atoms with Crippen molar-refractivity contribution in [2.24, 2.45) is 4.99 Å². The summed E-state index contributed by atoms with van der Waals surface area (Å²) in [5, 5.41) is 16.1. The quantitative estimate of drug-likeness (QED) is 0.599. The predicted molar refractivity (Wildman–Crippen MR) is 86.6 cm³/mol. The first kappa shape index (κ1) is 16.1. The Labute approximate surface area is 133 Å². The molecule has 6 heteroatoms. The second kappa shape index (κ2) is 7.66. The van der Waals surface area contributed by atoms with E-state index in [9.17, 15) is 4.39 Å². The van der Waals surface area contributed by atoms with Crippen molar-refractivity contribution in [2.75, 3.05) is 7.05 Å². The molecular formula is C16H17ClFN3O. The molecule has 0 unspecified atom stereocenters. The standard InChI is InChI=1S/C16H17ClFN3O/c1-19-16(20-9-11-2-5-13(17)6-3-11)21-10-12-4-7-15(22)14(18)8-12/h2-8,22H,9-10H2,1H3,(H2,19,20,21). The zero-order valence-corrected chi connectivity index (χ0v) is 12.9. The smallest absolute Gasteiger partial charge is 0.191 e. The molecule has 0 saturated heterocycles. The number of nitrogens with zero attached hydrogens (tertiary/aromatic N) is 1. The van der Waals surface area contributed by atoms with Gasteiger partial charge in [-0.25, -0.2) is 4.39 Å². The van der Waals surface area contributed by atoms with Crippen LogP contribution in [-0.4, -0.2) is 18.1 Å². The van der Waals surface area contributed by atoms with Crippen LogP contribution in [0.25, 0.3) is 0 Å². The second-order valence-electron chi connectivity index (χ2n) is 4.69. The highest BCUT2D eigenvalue weighted by molar-refractivity contribution is 6.30. The lowest BCUT2D eigenvalue weighted by Crippen LogP contribution is -2.36. The van der Waals surface area contributed by atoms with Crippen molar-refractivity contribution in [3.8, 4) is 5.75 Å². The number of aromatic hydroxyl groups is 1. The van der Waals surface area contributed by atoms with E-state index in [1.54, 1.807) is 13.1 Å². The largest absolute Gasteiger partial charge is 0.505 e. The number of hydrogen-bond acceptors (Lipinski definition) is 2. The van der Waals surface area contributed by atoms with Crippen LogP contribution in [0, 0.1) is 5.82 Å². The molecule has 0 fully saturated rings. The maximum absolute atomic E-state index is 13.3. The highest BCUT2D eigenvalue weighted by Crippen LogP contribution is 2.15. The Morgan fingerprint density at radius 2 is 1.68 bits per heavy atom. The van der Waals surface area contributed by atoms with Gasteiger partial charge in [-0.3, -0.25) is 4.99 Å². The number of phenols is 1. The van der Waals surface area contributed by atoms with Crippen LogP contribution in [0.15, 0.2) is 47.5 Å². The molecule has 0 heterocycles. The molecule has 4 nitrogen and oxygen atoms in total. The Morgan fingerprint density at radius 1 is 1.09 bits per heavy atom. The molecule has 0 aromatic heterocycles. The first-order valence-corrected chi connectivity index (χ1v) is 7.12. The van der Waals surface area contributed by atoms with Crippen LogP contribution in [0.4, 0.5) is 4.39 Å². The molecule has 2 rings (SSSR count). The number of rotatable bonds is 4. The molecular weight excluding hydrogens is 305 g/mol. The number of hydrogen-bond donors (Lipinski definition) is 3. The van der Waals surface area contributed by atoms with E-state index in [1.807, 2.05) is 24.3 Å². The summed E-state index contributed by atoms with van der Waals surface area (Å²) in [5.74, 6) is -0.388. The van der Waals surface area contributed by atoms with Crippen molar-refractivity contribution >= 4 is 17.6 Å². The molecule has 3 N–H and O–H groups in total. The average molecular weight is 322 g/mol. The Kier molecular flexibility index (Phi) is 5.61. The van der Waals surface area contributed by atoms with E-state index < -0.39 is 5.82 Å². The van der Waals surface area contributed by atoms with Crippen molar-refractivity contribution in [2.45, 2.75) is 13.1 Å². The maximum atomic E-state index is 13.3. The van der Waals surface area contributed by atoms with Gasteiger partial charge in [0.15, 0.2) is 17.5 Å². The lowest BCUT2D eigenvalue weighted by molar-refractivity contribution is 0.431. The van der Waals surface area contributed by atoms with E-state index in [0.29, 0.717) is 29.6 Å². The molecule has 0 radical (unpaired) electrons. The minimum atomic E-state index is -0.636. The van der Waals surface area contributed by atoms with E-state index in [4.69, 9.17) is 16.7 Å². The predicted octanol–water partition coefficient (Wildman–Crippen LogP) is 3.05. The normalized spacial score (nSPS) is 11.3. The van der Waals surface area contributed by atoms with Crippen molar-refractivity contribution < 1.29 is 9.50 Å². The van der Waals surface area contributed by atoms with Crippen molar-refractivity contribution in [1.29, 1.82) is 0 Å². The first-order chi connectivity index (χ1) is 10.6. The number of nitrogens with one attached hydrogen (secondary N) is 2. The molecule has 0 atom stereocenters. The highest BCUT2D eigenvalue weighted by atomic mass is 35.5. The summed E-state index contributed by atoms with van der Waals surface area (Å²) in [6.07, 6.45) is 0. The average Bonchev–Trinajstić information content (AvgIpc) is 2.52. The fraction of sp³-hybridized carbons (Fsp3) is 0.188. The van der Waals surface area contributed by atoms with Crippen LogP contribution in [0.2, 0.25) is 5.02 Å². The Hall–Kier alpha value is -2.27. The van der Waals surface area contributed by atoms with Gasteiger partial charge in [0.2, 0.25) is 0 Å². The summed E-state index contributed by atoms with van der Waals surface area (Å²) in [4.78, 5) is 4.10. The summed E-state index contributed by atoms with van der Waals surface area (Å²) in [7, 11) is 1.66. The van der Waals surface area contributed by atoms with Gasteiger partial charge in [-0.05, 0) is 35.4 Å². The second-order valence-corrected chi connectivity index (χ2v) is 5.13. The number of aliphatic imine (C=N–C) groups is 1. The number of guanidine groups is 1. The van der Waals surface area contributed by atoms with Crippen LogP contribution < -0.4 is 10.6 Å². The fourth-order valence-corrected chi connectivity index (χ4v) is 1.98. The molecule has 0 bridgehead atoms. The summed E-state index contributed by atoms with van der Waals surface area (Å²) >= 11 is 5.84. The first-order valence-electron chi connectivity index (χ1n) is 6.75. The lowest BCUT2D eigenvalue weighted by Gasteiger charge is -2.12. The molecule has 0 aliphatic carbocycles. The third-order valence-electron chi connectivity index (χ3n) is 3.07. The summed E-state index contributed by atoms with van der Waals surface area (Å²) in [5.41, 5.74) is 1.78. The van der Waals surface area contributed by atoms with E-state index in [1.165, 1.54) is 12.1 Å². The Balaban J connectivity index is 1.87. The van der Waals surface area contributed by atoms with Crippen LogP contribution in [0.5, 0.6) is 5.75 Å². The maximum Gasteiger partial charge on any atom is 0.191 e. The molecule has 0 aliphatic rings. The lowest BCUT2D eigenvalue weighted by atomic mass is 10.2. The number of benzene rings is 2. The van der Waals surface area contributed by atoms with Crippen LogP contribution in [-0.2, 0) is 13.1 Å². The van der Waals surface area contributed by atoms with Gasteiger partial charge in [0.1, 0.15) is 0 Å². The van der Waals surface area contributed by atoms with Gasteiger partial charge in [0.25, 0.3) is 0 Å². The minimum absolute atomic E-state index is 0.353. The molecule has 2 aromatic carbocycles. The topological polar surface area (TPSA) is 56.7 Å². The van der Waals surface area contributed by atoms with Gasteiger partial charge in [-0.2, -0.15) is 0 Å². The van der Waals surface area contributed by atoms with Gasteiger partial charge in [-0.15, -0.1) is 0 Å². The molecule has 0 amide bonds. The summed E-state index contributed by atoms with van der Waals surface area (Å²) in [6, 6.07) is 11.8. The molecule has 2 aromatic rings. The van der Waals surface area contributed by atoms with Gasteiger partial charge < -0.3 is 15.7 Å². The third-order valence-corrected chi connectivity index (χ3v) is 3.32. The Morgan fingerprint density at radius 3 is 2.27 bits per heavy atom. The van der Waals surface area contributed by atoms with Gasteiger partial charge in [-0.1, -0.05) is 29.8 Å². The highest BCUT2D eigenvalue weighted by Gasteiger charge is 2.03. The van der Waals surface area contributed by atoms with Crippen molar-refractivity contribution in [3.63, 3.8) is 0 Å². The minimum Gasteiger partial charge on any atom is -0.505 e. The van der Waals surface area contributed by atoms with Crippen molar-refractivity contribution in [1.82, 2.24) is 10.6 Å². The summed E-state index contributed by atoms with van der Waals surface area (Å²) in [6.45, 7) is 0.998. The van der Waals surface area contributed by atoms with Gasteiger partial charge in [0, 0.05) is 25.2 Å². The van der Waals surface area contributed by atoms with E-state index in [2.05, 4.69) is 15.6 Å². The van der Waals surface area contributed by atoms with Gasteiger partial charge in [0.05, 0.1) is 0 Å². The van der Waals surface area contributed by atoms with Crippen molar-refractivity contribution in [3.05, 3.63) is 64.4 Å². The molecule has 0 saturated carbocycles.